The molecule has 11 heteroatoms. The van der Waals surface area contributed by atoms with Gasteiger partial charge in [-0.25, -0.2) is 18.4 Å². The molecule has 1 fully saturated rings. The highest BCUT2D eigenvalue weighted by molar-refractivity contribution is 14.1. The molecule has 0 atom stereocenters. The van der Waals surface area contributed by atoms with Crippen molar-refractivity contribution in [1.29, 1.82) is 0 Å². The van der Waals surface area contributed by atoms with Crippen molar-refractivity contribution in [2.24, 2.45) is 0 Å². The van der Waals surface area contributed by atoms with E-state index in [-0.39, 0.29) is 21.7 Å². The van der Waals surface area contributed by atoms with Crippen LogP contribution in [-0.2, 0) is 24.9 Å². The van der Waals surface area contributed by atoms with Crippen LogP contribution in [0.5, 0.6) is 0 Å². The van der Waals surface area contributed by atoms with E-state index in [2.05, 4.69) is 37.5 Å². The molecule has 34 heavy (non-hydrogen) atoms. The summed E-state index contributed by atoms with van der Waals surface area (Å²) in [5, 5.41) is 1.48. The number of halogens is 2. The number of aromatic amines is 1. The Bertz CT molecular complexity index is 1480. The Balaban J connectivity index is 1.67. The predicted octanol–water partition coefficient (Wildman–Crippen LogP) is 6.09. The van der Waals surface area contributed by atoms with Gasteiger partial charge in [-0.1, -0.05) is 29.3 Å². The minimum atomic E-state index is -3.95. The first kappa shape index (κ1) is 24.1. The van der Waals surface area contributed by atoms with E-state index in [0.29, 0.717) is 11.2 Å². The molecule has 1 N–H and O–H groups in total. The number of hydrogen-bond donors (Lipinski definition) is 1. The second-order valence-electron chi connectivity index (χ2n) is 8.23. The molecule has 0 spiro atoms. The number of hydrogen-bond acceptors (Lipinski definition) is 7. The number of sulfone groups is 1. The maximum Gasteiger partial charge on any atom is 0.225 e. The highest BCUT2D eigenvalue weighted by Gasteiger charge is 2.43. The van der Waals surface area contributed by atoms with Gasteiger partial charge in [0, 0.05) is 24.3 Å². The highest BCUT2D eigenvalue weighted by atomic mass is 127. The van der Waals surface area contributed by atoms with Crippen molar-refractivity contribution >= 4 is 66.4 Å². The van der Waals surface area contributed by atoms with Gasteiger partial charge in [-0.3, -0.25) is 0 Å². The molecule has 0 aliphatic heterocycles. The summed E-state index contributed by atoms with van der Waals surface area (Å²) in [4.78, 5) is 13.1. The lowest BCUT2D eigenvalue weighted by atomic mass is 9.80. The van der Waals surface area contributed by atoms with Gasteiger partial charge in [0.25, 0.3) is 0 Å². The molecule has 0 bridgehead atoms. The van der Waals surface area contributed by atoms with Crippen molar-refractivity contribution < 1.29 is 17.9 Å². The van der Waals surface area contributed by atoms with Crippen molar-refractivity contribution in [3.05, 3.63) is 55.8 Å². The maximum absolute atomic E-state index is 13.5. The van der Waals surface area contributed by atoms with E-state index in [9.17, 15) is 8.42 Å². The number of thiazole rings is 1. The third-order valence-corrected chi connectivity index (χ3v) is 9.95. The standard InChI is InChI=1S/C23H21ClIN3O4S2/c1-13-4-6-14(7-5-13)34(29,30)21-19(24)18(15-10-17(25)27-20(15)28-21)16-11-26-22(33-16)23(8-3-9-23)32-12-31-2/h4-7,10-11H,3,8-9,12H2,1-2H3,(H,27,28). The number of aromatic nitrogens is 3. The van der Waals surface area contributed by atoms with Crippen LogP contribution in [0.2, 0.25) is 5.02 Å². The van der Waals surface area contributed by atoms with Crippen molar-refractivity contribution in [2.45, 2.75) is 41.7 Å². The topological polar surface area (TPSA) is 94.2 Å². The Labute approximate surface area is 219 Å². The summed E-state index contributed by atoms with van der Waals surface area (Å²) in [6.45, 7) is 2.09. The van der Waals surface area contributed by atoms with Gasteiger partial charge >= 0.3 is 0 Å². The number of ether oxygens (including phenoxy) is 2. The summed E-state index contributed by atoms with van der Waals surface area (Å²) in [6.07, 6.45) is 4.50. The monoisotopic (exact) mass is 629 g/mol. The summed E-state index contributed by atoms with van der Waals surface area (Å²) >= 11 is 10.4. The fourth-order valence-electron chi connectivity index (χ4n) is 4.00. The van der Waals surface area contributed by atoms with Crippen LogP contribution < -0.4 is 0 Å². The van der Waals surface area contributed by atoms with Crippen LogP contribution in [0, 0.1) is 10.6 Å². The number of aryl methyl sites for hydroxylation is 1. The SMILES string of the molecule is COCOC1(c2ncc(-c3c(Cl)c(S(=O)(=O)c4ccc(C)cc4)nc4[nH]c(I)cc34)s2)CCC1. The fourth-order valence-corrected chi connectivity index (χ4v) is 7.63. The molecule has 7 nitrogen and oxygen atoms in total. The average molecular weight is 630 g/mol. The summed E-state index contributed by atoms with van der Waals surface area (Å²) in [5.41, 5.74) is 1.55. The minimum absolute atomic E-state index is 0.0825. The van der Waals surface area contributed by atoms with Gasteiger partial charge in [0.2, 0.25) is 9.84 Å². The molecule has 0 amide bonds. The predicted molar refractivity (Wildman–Crippen MR) is 140 cm³/mol. The zero-order valence-electron chi connectivity index (χ0n) is 18.4. The van der Waals surface area contributed by atoms with Gasteiger partial charge in [-0.15, -0.1) is 11.3 Å². The molecule has 0 saturated heterocycles. The smallest absolute Gasteiger partial charge is 0.225 e. The molecule has 1 aromatic carbocycles. The van der Waals surface area contributed by atoms with Gasteiger partial charge in [-0.2, -0.15) is 0 Å². The number of methoxy groups -OCH3 is 1. The van der Waals surface area contributed by atoms with Crippen LogP contribution >= 0.6 is 45.5 Å². The quantitative estimate of drug-likeness (QED) is 0.197. The zero-order valence-corrected chi connectivity index (χ0v) is 22.9. The summed E-state index contributed by atoms with van der Waals surface area (Å²) in [6, 6.07) is 8.57. The zero-order chi connectivity index (χ0) is 24.1. The summed E-state index contributed by atoms with van der Waals surface area (Å²) < 4.78 is 39.0. The van der Waals surface area contributed by atoms with E-state index >= 15 is 0 Å². The molecule has 5 rings (SSSR count). The molecule has 0 radical (unpaired) electrons. The third kappa shape index (κ3) is 4.07. The number of benzene rings is 1. The van der Waals surface area contributed by atoms with Crippen molar-refractivity contribution in [2.75, 3.05) is 13.9 Å². The Hall–Kier alpha value is -1.57. The van der Waals surface area contributed by atoms with Crippen molar-refractivity contribution in [3.8, 4) is 10.4 Å². The number of nitrogens with one attached hydrogen (secondary N) is 1. The van der Waals surface area contributed by atoms with Crippen LogP contribution in [0.1, 0.15) is 29.8 Å². The molecule has 3 heterocycles. The van der Waals surface area contributed by atoms with Gasteiger partial charge < -0.3 is 14.5 Å². The average Bonchev–Trinajstić information content (AvgIpc) is 3.39. The van der Waals surface area contributed by atoms with Crippen LogP contribution in [0.3, 0.4) is 0 Å². The van der Waals surface area contributed by atoms with Gasteiger partial charge in [0.1, 0.15) is 23.0 Å². The molecular formula is C23H21ClIN3O4S2. The van der Waals surface area contributed by atoms with Gasteiger partial charge in [0.05, 0.1) is 18.5 Å². The lowest BCUT2D eigenvalue weighted by Gasteiger charge is -2.39. The molecule has 3 aromatic heterocycles. The van der Waals surface area contributed by atoms with E-state index in [0.717, 1.165) is 43.8 Å². The first-order chi connectivity index (χ1) is 16.2. The molecule has 178 valence electrons. The normalized spacial score (nSPS) is 15.5. The number of rotatable bonds is 7. The van der Waals surface area contributed by atoms with Crippen LogP contribution in [-0.4, -0.2) is 37.3 Å². The molecule has 1 saturated carbocycles. The second kappa shape index (κ2) is 9.14. The number of pyridine rings is 1. The van der Waals surface area contributed by atoms with Crippen molar-refractivity contribution in [3.63, 3.8) is 0 Å². The Morgan fingerprint density at radius 3 is 2.65 bits per heavy atom. The lowest BCUT2D eigenvalue weighted by molar-refractivity contribution is -0.171. The molecule has 0 unspecified atom stereocenters. The van der Waals surface area contributed by atoms with Crippen molar-refractivity contribution in [1.82, 2.24) is 15.0 Å². The van der Waals surface area contributed by atoms with Gasteiger partial charge in [-0.05, 0) is 67.0 Å². The highest BCUT2D eigenvalue weighted by Crippen LogP contribution is 2.49. The van der Waals surface area contributed by atoms with Crippen LogP contribution in [0.25, 0.3) is 21.5 Å². The minimum Gasteiger partial charge on any atom is -0.359 e. The lowest BCUT2D eigenvalue weighted by Crippen LogP contribution is -2.37. The van der Waals surface area contributed by atoms with E-state index in [4.69, 9.17) is 21.1 Å². The summed E-state index contributed by atoms with van der Waals surface area (Å²) in [5.74, 6) is 0. The van der Waals surface area contributed by atoms with E-state index in [1.807, 2.05) is 13.0 Å². The van der Waals surface area contributed by atoms with E-state index in [1.165, 1.54) is 11.3 Å². The number of H-pyrrole nitrogens is 1. The first-order valence-electron chi connectivity index (χ1n) is 10.5. The van der Waals surface area contributed by atoms with E-state index in [1.54, 1.807) is 37.6 Å². The Kier molecular flexibility index (Phi) is 6.49. The maximum atomic E-state index is 13.5. The Morgan fingerprint density at radius 1 is 1.26 bits per heavy atom. The second-order valence-corrected chi connectivity index (χ2v) is 12.7. The Morgan fingerprint density at radius 2 is 2.00 bits per heavy atom. The van der Waals surface area contributed by atoms with Crippen LogP contribution in [0.15, 0.2) is 46.5 Å². The molecular weight excluding hydrogens is 609 g/mol. The van der Waals surface area contributed by atoms with Crippen LogP contribution in [0.4, 0.5) is 0 Å². The van der Waals surface area contributed by atoms with Gasteiger partial charge in [0.15, 0.2) is 5.03 Å². The molecule has 1 aliphatic carbocycles. The fraction of sp³-hybridized carbons (Fsp3) is 0.304. The largest absolute Gasteiger partial charge is 0.359 e. The summed E-state index contributed by atoms with van der Waals surface area (Å²) in [7, 11) is -2.35. The number of nitrogens with zero attached hydrogens (tertiary/aromatic N) is 2. The third-order valence-electron chi connectivity index (χ3n) is 6.00. The number of fused-ring (bicyclic) bond motifs is 1. The first-order valence-corrected chi connectivity index (χ1v) is 14.3. The molecule has 4 aromatic rings. The van der Waals surface area contributed by atoms with E-state index < -0.39 is 15.4 Å². The molecule has 1 aliphatic rings.